The number of esters is 1. The number of rotatable bonds is 11. The summed E-state index contributed by atoms with van der Waals surface area (Å²) in [6, 6.07) is 0. The number of carbonyl (C=O) groups excluding carboxylic acids is 1. The minimum atomic E-state index is -0.0767. The molecule has 0 bridgehead atoms. The molecule has 1 heterocycles. The van der Waals surface area contributed by atoms with Crippen LogP contribution in [0.3, 0.4) is 0 Å². The molecule has 0 aromatic carbocycles. The quantitative estimate of drug-likeness (QED) is 0.267. The normalized spacial score (nSPS) is 15.9. The third kappa shape index (κ3) is 10.3. The van der Waals surface area contributed by atoms with Crippen LogP contribution >= 0.6 is 0 Å². The predicted octanol–water partition coefficient (Wildman–Crippen LogP) is 2.82. The first-order valence-corrected chi connectivity index (χ1v) is 9.82. The summed E-state index contributed by atoms with van der Waals surface area (Å²) in [6.07, 6.45) is 8.31. The Labute approximate surface area is 153 Å². The fraction of sp³-hybridized carbons (Fsp3) is 0.895. The molecule has 0 aromatic rings. The Morgan fingerprint density at radius 2 is 1.96 bits per heavy atom. The third-order valence-corrected chi connectivity index (χ3v) is 4.68. The van der Waals surface area contributed by atoms with Crippen molar-refractivity contribution >= 4 is 11.9 Å². The second-order valence-corrected chi connectivity index (χ2v) is 6.71. The van der Waals surface area contributed by atoms with Gasteiger partial charge in [0.1, 0.15) is 0 Å². The van der Waals surface area contributed by atoms with Crippen LogP contribution in [0.5, 0.6) is 0 Å². The lowest BCUT2D eigenvalue weighted by Crippen LogP contribution is -2.40. The molecular formula is C19H37N3O3. The highest BCUT2D eigenvalue weighted by Gasteiger charge is 2.15. The van der Waals surface area contributed by atoms with Crippen LogP contribution < -0.4 is 5.32 Å². The van der Waals surface area contributed by atoms with E-state index < -0.39 is 0 Å². The minimum Gasteiger partial charge on any atom is -0.466 e. The summed E-state index contributed by atoms with van der Waals surface area (Å²) in [6.45, 7) is 6.10. The number of guanidine groups is 1. The Balaban J connectivity index is 2.05. The van der Waals surface area contributed by atoms with E-state index in [1.54, 1.807) is 0 Å². The molecule has 0 atom stereocenters. The van der Waals surface area contributed by atoms with Crippen LogP contribution in [0.25, 0.3) is 0 Å². The molecule has 0 aliphatic carbocycles. The van der Waals surface area contributed by atoms with E-state index in [1.807, 2.05) is 14.0 Å². The summed E-state index contributed by atoms with van der Waals surface area (Å²) >= 11 is 0. The predicted molar refractivity (Wildman–Crippen MR) is 102 cm³/mol. The summed E-state index contributed by atoms with van der Waals surface area (Å²) < 4.78 is 10.3. The molecule has 0 saturated carbocycles. The second kappa shape index (κ2) is 13.9. The van der Waals surface area contributed by atoms with Crippen molar-refractivity contribution in [3.05, 3.63) is 0 Å². The molecule has 0 radical (unpaired) electrons. The van der Waals surface area contributed by atoms with Gasteiger partial charge in [0.15, 0.2) is 5.96 Å². The van der Waals surface area contributed by atoms with Crippen molar-refractivity contribution in [1.29, 1.82) is 0 Å². The zero-order valence-electron chi connectivity index (χ0n) is 16.4. The van der Waals surface area contributed by atoms with Gasteiger partial charge in [0, 0.05) is 46.8 Å². The smallest absolute Gasteiger partial charge is 0.305 e. The van der Waals surface area contributed by atoms with Gasteiger partial charge in [-0.05, 0) is 44.9 Å². The van der Waals surface area contributed by atoms with Crippen molar-refractivity contribution in [2.24, 2.45) is 10.9 Å². The number of aliphatic imine (C=N–C) groups is 1. The number of ether oxygens (including phenoxy) is 2. The lowest BCUT2D eigenvalue weighted by Gasteiger charge is -2.26. The summed E-state index contributed by atoms with van der Waals surface area (Å²) in [5, 5.41) is 3.44. The molecule has 0 aromatic heterocycles. The van der Waals surface area contributed by atoms with Crippen molar-refractivity contribution in [2.75, 3.05) is 47.0 Å². The molecule has 1 N–H and O–H groups in total. The number of nitrogens with one attached hydrogen (secondary N) is 1. The van der Waals surface area contributed by atoms with Crippen LogP contribution in [0.15, 0.2) is 4.99 Å². The lowest BCUT2D eigenvalue weighted by molar-refractivity contribution is -0.143. The number of hydrogen-bond acceptors (Lipinski definition) is 4. The summed E-state index contributed by atoms with van der Waals surface area (Å²) in [5.74, 6) is 1.68. The standard InChI is InChI=1S/C19H37N3O3/c1-4-25-18(23)9-7-5-6-8-13-21-19(20-2)22(3)14-10-17-11-15-24-16-12-17/h17H,4-16H2,1-3H3,(H,20,21). The molecule has 1 aliphatic heterocycles. The number of unbranched alkanes of at least 4 members (excludes halogenated alkanes) is 3. The number of nitrogens with zero attached hydrogens (tertiary/aromatic N) is 2. The van der Waals surface area contributed by atoms with E-state index in [-0.39, 0.29) is 5.97 Å². The molecule has 6 heteroatoms. The molecule has 25 heavy (non-hydrogen) atoms. The van der Waals surface area contributed by atoms with E-state index in [4.69, 9.17) is 9.47 Å². The molecule has 1 rings (SSSR count). The average molecular weight is 356 g/mol. The average Bonchev–Trinajstić information content (AvgIpc) is 2.63. The Hall–Kier alpha value is -1.30. The maximum absolute atomic E-state index is 11.2. The zero-order chi connectivity index (χ0) is 18.3. The summed E-state index contributed by atoms with van der Waals surface area (Å²) in [7, 11) is 3.95. The minimum absolute atomic E-state index is 0.0767. The fourth-order valence-corrected chi connectivity index (χ4v) is 3.08. The van der Waals surface area contributed by atoms with Crippen molar-refractivity contribution in [3.63, 3.8) is 0 Å². The first-order valence-electron chi connectivity index (χ1n) is 9.82. The monoisotopic (exact) mass is 355 g/mol. The van der Waals surface area contributed by atoms with Gasteiger partial charge in [0.2, 0.25) is 0 Å². The molecule has 0 amide bonds. The first-order chi connectivity index (χ1) is 12.2. The van der Waals surface area contributed by atoms with Gasteiger partial charge >= 0.3 is 5.97 Å². The maximum atomic E-state index is 11.2. The van der Waals surface area contributed by atoms with Crippen molar-refractivity contribution in [1.82, 2.24) is 10.2 Å². The van der Waals surface area contributed by atoms with Crippen LogP contribution in [0.4, 0.5) is 0 Å². The first kappa shape index (κ1) is 21.7. The van der Waals surface area contributed by atoms with Gasteiger partial charge in [-0.15, -0.1) is 0 Å². The van der Waals surface area contributed by atoms with Crippen LogP contribution in [-0.2, 0) is 14.3 Å². The highest BCUT2D eigenvalue weighted by Crippen LogP contribution is 2.18. The van der Waals surface area contributed by atoms with Crippen molar-refractivity contribution < 1.29 is 14.3 Å². The van der Waals surface area contributed by atoms with Crippen LogP contribution in [0.1, 0.15) is 58.3 Å². The van der Waals surface area contributed by atoms with Gasteiger partial charge in [-0.25, -0.2) is 0 Å². The van der Waals surface area contributed by atoms with E-state index in [0.717, 1.165) is 63.9 Å². The van der Waals surface area contributed by atoms with Crippen LogP contribution in [0, 0.1) is 5.92 Å². The molecule has 0 unspecified atom stereocenters. The van der Waals surface area contributed by atoms with E-state index in [2.05, 4.69) is 22.3 Å². The molecule has 6 nitrogen and oxygen atoms in total. The van der Waals surface area contributed by atoms with Gasteiger partial charge in [-0.2, -0.15) is 0 Å². The van der Waals surface area contributed by atoms with Crippen molar-refractivity contribution in [2.45, 2.75) is 58.3 Å². The van der Waals surface area contributed by atoms with Crippen LogP contribution in [0.2, 0.25) is 0 Å². The molecule has 0 spiro atoms. The summed E-state index contributed by atoms with van der Waals surface area (Å²) in [5.41, 5.74) is 0. The van der Waals surface area contributed by atoms with Gasteiger partial charge in [-0.3, -0.25) is 9.79 Å². The highest BCUT2D eigenvalue weighted by atomic mass is 16.5. The Morgan fingerprint density at radius 1 is 1.24 bits per heavy atom. The van der Waals surface area contributed by atoms with Gasteiger partial charge in [-0.1, -0.05) is 12.8 Å². The SMILES string of the molecule is CCOC(=O)CCCCCCNC(=NC)N(C)CCC1CCOCC1. The van der Waals surface area contributed by atoms with E-state index in [9.17, 15) is 4.79 Å². The van der Waals surface area contributed by atoms with Crippen molar-refractivity contribution in [3.8, 4) is 0 Å². The second-order valence-electron chi connectivity index (χ2n) is 6.71. The van der Waals surface area contributed by atoms with E-state index >= 15 is 0 Å². The molecule has 1 saturated heterocycles. The third-order valence-electron chi connectivity index (χ3n) is 4.68. The molecule has 1 fully saturated rings. The van der Waals surface area contributed by atoms with Gasteiger partial charge in [0.25, 0.3) is 0 Å². The molecule has 146 valence electrons. The maximum Gasteiger partial charge on any atom is 0.305 e. The number of carbonyl (C=O) groups is 1. The van der Waals surface area contributed by atoms with E-state index in [0.29, 0.717) is 13.0 Å². The number of hydrogen-bond donors (Lipinski definition) is 1. The lowest BCUT2D eigenvalue weighted by atomic mass is 9.96. The Bertz CT molecular complexity index is 382. The molecule has 1 aliphatic rings. The van der Waals surface area contributed by atoms with Gasteiger partial charge < -0.3 is 19.7 Å². The largest absolute Gasteiger partial charge is 0.466 e. The van der Waals surface area contributed by atoms with Gasteiger partial charge in [0.05, 0.1) is 6.61 Å². The highest BCUT2D eigenvalue weighted by molar-refractivity contribution is 5.79. The van der Waals surface area contributed by atoms with E-state index in [1.165, 1.54) is 19.3 Å². The summed E-state index contributed by atoms with van der Waals surface area (Å²) in [4.78, 5) is 17.8. The topological polar surface area (TPSA) is 63.2 Å². The zero-order valence-corrected chi connectivity index (χ0v) is 16.4. The Morgan fingerprint density at radius 3 is 2.64 bits per heavy atom. The fourth-order valence-electron chi connectivity index (χ4n) is 3.08. The van der Waals surface area contributed by atoms with Crippen LogP contribution in [-0.4, -0.2) is 63.8 Å². The Kier molecular flexibility index (Phi) is 12.1. The molecular weight excluding hydrogens is 318 g/mol.